The number of carboxylic acid groups (broad SMARTS) is 1. The number of aliphatic carboxylic acids is 1. The molecule has 114 valence electrons. The summed E-state index contributed by atoms with van der Waals surface area (Å²) in [4.78, 5) is 10.7. The predicted molar refractivity (Wildman–Crippen MR) is 86.5 cm³/mol. The molecule has 1 unspecified atom stereocenters. The Balaban J connectivity index is 1.91. The van der Waals surface area contributed by atoms with Crippen LogP contribution < -0.4 is 5.32 Å². The second kappa shape index (κ2) is 8.64. The molecule has 0 bridgehead atoms. The van der Waals surface area contributed by atoms with Crippen molar-refractivity contribution in [1.82, 2.24) is 5.32 Å². The Labute approximate surface area is 129 Å². The zero-order chi connectivity index (χ0) is 15.6. The number of carboxylic acids is 1. The molecule has 1 aromatic heterocycles. The van der Waals surface area contributed by atoms with Gasteiger partial charge in [-0.2, -0.15) is 0 Å². The van der Waals surface area contributed by atoms with E-state index >= 15 is 0 Å². The molecule has 1 heterocycles. The standard InChI is InChI=1S/C18H19NO3/c20-18(21)11-10-16(14-15-6-2-1-3-7-15)19-12-4-8-17-9-5-13-22-17/h1-11,13,16,19H,12,14H2,(H,20,21)/b8-4+,11-10+. The number of hydrogen-bond donors (Lipinski definition) is 2. The van der Waals surface area contributed by atoms with Crippen LogP contribution in [0.4, 0.5) is 0 Å². The van der Waals surface area contributed by atoms with Gasteiger partial charge in [-0.1, -0.05) is 42.5 Å². The lowest BCUT2D eigenvalue weighted by molar-refractivity contribution is -0.131. The highest BCUT2D eigenvalue weighted by molar-refractivity contribution is 5.79. The number of furan rings is 1. The molecule has 4 nitrogen and oxygen atoms in total. The number of benzene rings is 1. The summed E-state index contributed by atoms with van der Waals surface area (Å²) >= 11 is 0. The third-order valence-electron chi connectivity index (χ3n) is 3.09. The first-order valence-electron chi connectivity index (χ1n) is 7.12. The Bertz CT molecular complexity index is 615. The van der Waals surface area contributed by atoms with E-state index in [1.165, 1.54) is 6.08 Å². The van der Waals surface area contributed by atoms with Crippen LogP contribution in [0.25, 0.3) is 6.08 Å². The fourth-order valence-electron chi connectivity index (χ4n) is 2.06. The summed E-state index contributed by atoms with van der Waals surface area (Å²) in [5.41, 5.74) is 1.16. The zero-order valence-corrected chi connectivity index (χ0v) is 12.2. The molecule has 0 aliphatic carbocycles. The van der Waals surface area contributed by atoms with Gasteiger partial charge in [0.25, 0.3) is 0 Å². The fraction of sp³-hybridized carbons (Fsp3) is 0.167. The van der Waals surface area contributed by atoms with E-state index in [0.29, 0.717) is 6.54 Å². The molecule has 0 spiro atoms. The minimum atomic E-state index is -0.939. The van der Waals surface area contributed by atoms with Crippen molar-refractivity contribution in [1.29, 1.82) is 0 Å². The molecule has 2 aromatic rings. The van der Waals surface area contributed by atoms with Crippen molar-refractivity contribution in [2.24, 2.45) is 0 Å². The molecule has 1 atom stereocenters. The van der Waals surface area contributed by atoms with Gasteiger partial charge in [0.05, 0.1) is 6.26 Å². The van der Waals surface area contributed by atoms with Crippen LogP contribution in [-0.4, -0.2) is 23.7 Å². The third-order valence-corrected chi connectivity index (χ3v) is 3.09. The summed E-state index contributed by atoms with van der Waals surface area (Å²) in [5, 5.41) is 12.1. The van der Waals surface area contributed by atoms with E-state index in [4.69, 9.17) is 9.52 Å². The van der Waals surface area contributed by atoms with Gasteiger partial charge in [0.15, 0.2) is 0 Å². The minimum Gasteiger partial charge on any atom is -0.478 e. The average Bonchev–Trinajstić information content (AvgIpc) is 3.03. The first kappa shape index (κ1) is 15.8. The smallest absolute Gasteiger partial charge is 0.328 e. The maximum absolute atomic E-state index is 10.7. The van der Waals surface area contributed by atoms with Gasteiger partial charge in [0.2, 0.25) is 0 Å². The largest absolute Gasteiger partial charge is 0.478 e. The lowest BCUT2D eigenvalue weighted by Crippen LogP contribution is -2.29. The van der Waals surface area contributed by atoms with Crippen LogP contribution in [0.3, 0.4) is 0 Å². The zero-order valence-electron chi connectivity index (χ0n) is 12.2. The summed E-state index contributed by atoms with van der Waals surface area (Å²) in [7, 11) is 0. The van der Waals surface area contributed by atoms with Crippen molar-refractivity contribution in [3.63, 3.8) is 0 Å². The summed E-state index contributed by atoms with van der Waals surface area (Å²) in [6.45, 7) is 0.627. The average molecular weight is 297 g/mol. The summed E-state index contributed by atoms with van der Waals surface area (Å²) < 4.78 is 5.21. The second-order valence-corrected chi connectivity index (χ2v) is 4.82. The highest BCUT2D eigenvalue weighted by Gasteiger charge is 2.05. The van der Waals surface area contributed by atoms with E-state index in [2.05, 4.69) is 5.32 Å². The van der Waals surface area contributed by atoms with Crippen LogP contribution in [-0.2, 0) is 11.2 Å². The maximum atomic E-state index is 10.7. The summed E-state index contributed by atoms with van der Waals surface area (Å²) in [6.07, 6.45) is 9.05. The Morgan fingerprint density at radius 2 is 2.05 bits per heavy atom. The molecule has 0 saturated carbocycles. The molecule has 0 amide bonds. The number of hydrogen-bond acceptors (Lipinski definition) is 3. The van der Waals surface area contributed by atoms with Gasteiger partial charge in [0.1, 0.15) is 5.76 Å². The quantitative estimate of drug-likeness (QED) is 0.735. The highest BCUT2D eigenvalue weighted by atomic mass is 16.4. The van der Waals surface area contributed by atoms with Crippen molar-refractivity contribution in [2.45, 2.75) is 12.5 Å². The molecule has 1 aromatic carbocycles. The number of rotatable bonds is 8. The molecule has 0 aliphatic rings. The van der Waals surface area contributed by atoms with E-state index in [1.807, 2.05) is 54.6 Å². The Hall–Kier alpha value is -2.59. The summed E-state index contributed by atoms with van der Waals surface area (Å²) in [5.74, 6) is -0.145. The highest BCUT2D eigenvalue weighted by Crippen LogP contribution is 2.05. The third kappa shape index (κ3) is 5.81. The molecule has 0 fully saturated rings. The first-order chi connectivity index (χ1) is 10.7. The topological polar surface area (TPSA) is 62.5 Å². The Morgan fingerprint density at radius 3 is 2.73 bits per heavy atom. The molecule has 0 aliphatic heterocycles. The van der Waals surface area contributed by atoms with Gasteiger partial charge in [0, 0.05) is 18.7 Å². The van der Waals surface area contributed by atoms with Gasteiger partial charge < -0.3 is 14.8 Å². The maximum Gasteiger partial charge on any atom is 0.328 e. The summed E-state index contributed by atoms with van der Waals surface area (Å²) in [6, 6.07) is 13.6. The van der Waals surface area contributed by atoms with Gasteiger partial charge in [-0.25, -0.2) is 4.79 Å². The van der Waals surface area contributed by atoms with E-state index in [0.717, 1.165) is 17.7 Å². The molecule has 22 heavy (non-hydrogen) atoms. The Morgan fingerprint density at radius 1 is 1.23 bits per heavy atom. The number of nitrogens with one attached hydrogen (secondary N) is 1. The first-order valence-corrected chi connectivity index (χ1v) is 7.12. The predicted octanol–water partition coefficient (Wildman–Crippen LogP) is 3.13. The van der Waals surface area contributed by atoms with Gasteiger partial charge in [-0.3, -0.25) is 0 Å². The SMILES string of the molecule is O=C(O)/C=C/C(Cc1ccccc1)NC/C=C/c1ccco1. The molecular weight excluding hydrogens is 278 g/mol. The van der Waals surface area contributed by atoms with Gasteiger partial charge in [-0.15, -0.1) is 0 Å². The van der Waals surface area contributed by atoms with Crippen LogP contribution in [0.1, 0.15) is 11.3 Å². The van der Waals surface area contributed by atoms with Gasteiger partial charge >= 0.3 is 5.97 Å². The monoisotopic (exact) mass is 297 g/mol. The lowest BCUT2D eigenvalue weighted by atomic mass is 10.1. The van der Waals surface area contributed by atoms with Crippen LogP contribution in [0.15, 0.2) is 71.4 Å². The molecule has 0 radical (unpaired) electrons. The van der Waals surface area contributed by atoms with E-state index < -0.39 is 5.97 Å². The van der Waals surface area contributed by atoms with E-state index in [1.54, 1.807) is 12.3 Å². The number of carbonyl (C=O) groups is 1. The second-order valence-electron chi connectivity index (χ2n) is 4.82. The normalized spacial score (nSPS) is 12.9. The molecule has 2 rings (SSSR count). The molecular formula is C18H19NO3. The van der Waals surface area contributed by atoms with Gasteiger partial charge in [-0.05, 0) is 30.2 Å². The lowest BCUT2D eigenvalue weighted by Gasteiger charge is -2.13. The van der Waals surface area contributed by atoms with Crippen LogP contribution in [0, 0.1) is 0 Å². The van der Waals surface area contributed by atoms with E-state index in [9.17, 15) is 4.79 Å². The Kier molecular flexibility index (Phi) is 6.20. The van der Waals surface area contributed by atoms with E-state index in [-0.39, 0.29) is 6.04 Å². The van der Waals surface area contributed by atoms with Crippen LogP contribution >= 0.6 is 0 Å². The minimum absolute atomic E-state index is 0.0419. The van der Waals surface area contributed by atoms with Crippen molar-refractivity contribution >= 4 is 12.0 Å². The van der Waals surface area contributed by atoms with Crippen LogP contribution in [0.5, 0.6) is 0 Å². The molecule has 2 N–H and O–H groups in total. The molecule has 0 saturated heterocycles. The fourth-order valence-corrected chi connectivity index (χ4v) is 2.06. The van der Waals surface area contributed by atoms with Crippen molar-refractivity contribution < 1.29 is 14.3 Å². The van der Waals surface area contributed by atoms with Crippen molar-refractivity contribution in [2.75, 3.05) is 6.54 Å². The van der Waals surface area contributed by atoms with Crippen molar-refractivity contribution in [3.8, 4) is 0 Å². The van der Waals surface area contributed by atoms with Crippen LogP contribution in [0.2, 0.25) is 0 Å². The molecule has 4 heteroatoms. The van der Waals surface area contributed by atoms with Crippen molar-refractivity contribution in [3.05, 3.63) is 78.3 Å².